The number of benzene rings is 23. The highest BCUT2D eigenvalue weighted by atomic mass is 14.3. The van der Waals surface area contributed by atoms with Crippen molar-refractivity contribution in [1.82, 2.24) is 0 Å². The van der Waals surface area contributed by atoms with Crippen LogP contribution in [-0.4, -0.2) is 0 Å². The number of rotatable bonds is 8. The van der Waals surface area contributed by atoms with Gasteiger partial charge in [0.2, 0.25) is 0 Å². The fourth-order valence-electron chi connectivity index (χ4n) is 19.3. The molecule has 0 fully saturated rings. The Balaban J connectivity index is 0.835. The van der Waals surface area contributed by atoms with Gasteiger partial charge in [0.25, 0.3) is 0 Å². The van der Waals surface area contributed by atoms with Crippen molar-refractivity contribution in [2.75, 3.05) is 0 Å². The van der Waals surface area contributed by atoms with Crippen LogP contribution < -0.4 is 0 Å². The SMILES string of the molecule is c1ccc(-c2ccc3c(-c4cc5ccccc5c5ccccc45)c4cc(-c5c6ccccc6c(-c6ccc7c(-c8cc9ccccc9c9ccccc89)c8cc(-c9ccccc9)ccc8c(-c8cc9ccccc9c9ccccc89)c7c6)c6ccccc56)ccc4c(-c4cc5ccccc5c5ccccc45)c3c2)cc1. The standard InChI is InChI=1S/C110H66/c1-3-27-67(28-4-1)69-51-55-93-101(59-69)107(97-61-71-31-7-11-35-77(71)81-39-15-19-43-85(81)97)95-57-53-75(65-103(95)109(93)99-63-73-33-9-13-37-79(73)83-41-17-21-45-87(83)99)105-89-47-23-25-49-91(89)106(92-50-26-24-48-90(92)105)76-54-58-96-104(66-76)110(100-64-74-34-10-14-38-80(74)84-42-18-22-46-88(84)100)94-56-52-70(68-29-5-2-6-30-68)60-102(94)108(96)98-62-72-32-8-12-36-78(72)82-40-16-20-44-86(82)98/h1-66H. The quantitative estimate of drug-likeness (QED) is 0.105. The summed E-state index contributed by atoms with van der Waals surface area (Å²) in [6.45, 7) is 0. The van der Waals surface area contributed by atoms with Crippen LogP contribution in [0.15, 0.2) is 400 Å². The molecule has 0 aliphatic heterocycles. The number of hydrogen-bond acceptors (Lipinski definition) is 0. The minimum Gasteiger partial charge on any atom is -0.0622 e. The first-order valence-corrected chi connectivity index (χ1v) is 38.4. The molecule has 0 aliphatic carbocycles. The van der Waals surface area contributed by atoms with E-state index < -0.39 is 0 Å². The van der Waals surface area contributed by atoms with Crippen molar-refractivity contribution in [3.05, 3.63) is 400 Å². The molecular formula is C110H66. The first-order chi connectivity index (χ1) is 54.6. The molecule has 110 heavy (non-hydrogen) atoms. The first-order valence-electron chi connectivity index (χ1n) is 38.4. The maximum atomic E-state index is 2.57. The van der Waals surface area contributed by atoms with Gasteiger partial charge in [-0.05, 0) is 288 Å². The van der Waals surface area contributed by atoms with E-state index in [9.17, 15) is 0 Å². The van der Waals surface area contributed by atoms with Crippen molar-refractivity contribution in [2.24, 2.45) is 0 Å². The summed E-state index contributed by atoms with van der Waals surface area (Å²) in [6, 6.07) is 152. The van der Waals surface area contributed by atoms with Gasteiger partial charge in [-0.15, -0.1) is 0 Å². The lowest BCUT2D eigenvalue weighted by Gasteiger charge is -2.23. The Morgan fingerprint density at radius 1 is 0.0909 bits per heavy atom. The zero-order valence-corrected chi connectivity index (χ0v) is 60.1. The van der Waals surface area contributed by atoms with Crippen molar-refractivity contribution in [3.63, 3.8) is 0 Å². The zero-order valence-electron chi connectivity index (χ0n) is 60.1. The molecule has 0 aliphatic rings. The number of fused-ring (bicyclic) bond motifs is 18. The molecule has 0 heterocycles. The van der Waals surface area contributed by atoms with Crippen LogP contribution in [0.5, 0.6) is 0 Å². The van der Waals surface area contributed by atoms with Crippen molar-refractivity contribution in [2.45, 2.75) is 0 Å². The molecule has 23 aromatic rings. The third-order valence-electron chi connectivity index (χ3n) is 24.1. The minimum absolute atomic E-state index is 1.16. The molecule has 506 valence electrons. The third kappa shape index (κ3) is 9.46. The van der Waals surface area contributed by atoms with Gasteiger partial charge in [0.15, 0.2) is 0 Å². The lowest BCUT2D eigenvalue weighted by Crippen LogP contribution is -1.96. The highest BCUT2D eigenvalue weighted by Gasteiger charge is 2.28. The molecule has 0 saturated heterocycles. The normalized spacial score (nSPS) is 12.0. The van der Waals surface area contributed by atoms with E-state index in [0.717, 1.165) is 11.1 Å². The van der Waals surface area contributed by atoms with Crippen molar-refractivity contribution in [3.8, 4) is 89.0 Å². The predicted molar refractivity (Wildman–Crippen MR) is 475 cm³/mol. The monoisotopic (exact) mass is 1390 g/mol. The molecule has 0 saturated carbocycles. The smallest absolute Gasteiger partial charge is 0.00197 e. The van der Waals surface area contributed by atoms with E-state index in [1.165, 1.54) is 229 Å². The Hall–Kier alpha value is -14.3. The molecule has 0 aromatic heterocycles. The van der Waals surface area contributed by atoms with Gasteiger partial charge in [0.1, 0.15) is 0 Å². The Bertz CT molecular complexity index is 7350. The Labute approximate surface area is 635 Å². The van der Waals surface area contributed by atoms with Crippen LogP contribution in [0.2, 0.25) is 0 Å². The average molecular weight is 1390 g/mol. The second-order valence-electron chi connectivity index (χ2n) is 29.9. The maximum absolute atomic E-state index is 2.57. The Kier molecular flexibility index (Phi) is 13.9. The van der Waals surface area contributed by atoms with Gasteiger partial charge in [-0.3, -0.25) is 0 Å². The van der Waals surface area contributed by atoms with E-state index in [-0.39, 0.29) is 0 Å². The van der Waals surface area contributed by atoms with Crippen LogP contribution in [0.1, 0.15) is 0 Å². The van der Waals surface area contributed by atoms with Crippen molar-refractivity contribution >= 4 is 151 Å². The van der Waals surface area contributed by atoms with E-state index in [1.807, 2.05) is 0 Å². The number of hydrogen-bond donors (Lipinski definition) is 0. The van der Waals surface area contributed by atoms with E-state index in [1.54, 1.807) is 0 Å². The highest BCUT2D eigenvalue weighted by Crippen LogP contribution is 2.55. The molecule has 23 aromatic carbocycles. The summed E-state index contributed by atoms with van der Waals surface area (Å²) >= 11 is 0. The second-order valence-corrected chi connectivity index (χ2v) is 29.9. The molecule has 0 atom stereocenters. The van der Waals surface area contributed by atoms with Gasteiger partial charge in [-0.1, -0.05) is 352 Å². The van der Waals surface area contributed by atoms with Crippen molar-refractivity contribution < 1.29 is 0 Å². The molecule has 0 bridgehead atoms. The molecule has 0 amide bonds. The summed E-state index contributed by atoms with van der Waals surface area (Å²) in [5.74, 6) is 0. The molecule has 23 rings (SSSR count). The van der Waals surface area contributed by atoms with Gasteiger partial charge in [0, 0.05) is 0 Å². The molecule has 0 spiro atoms. The summed E-state index contributed by atoms with van der Waals surface area (Å²) in [6.07, 6.45) is 0. The second kappa shape index (κ2) is 24.6. The van der Waals surface area contributed by atoms with Gasteiger partial charge < -0.3 is 0 Å². The summed E-state index contributed by atoms with van der Waals surface area (Å²) in [5.41, 5.74) is 19.3. The van der Waals surface area contributed by atoms with Gasteiger partial charge in [-0.2, -0.15) is 0 Å². The van der Waals surface area contributed by atoms with Gasteiger partial charge in [-0.25, -0.2) is 0 Å². The van der Waals surface area contributed by atoms with Crippen LogP contribution in [0, 0.1) is 0 Å². The molecule has 0 unspecified atom stereocenters. The van der Waals surface area contributed by atoms with Crippen LogP contribution in [0.4, 0.5) is 0 Å². The Morgan fingerprint density at radius 3 is 0.545 bits per heavy atom. The maximum Gasteiger partial charge on any atom is -0.00197 e. The van der Waals surface area contributed by atoms with E-state index in [0.29, 0.717) is 0 Å². The minimum atomic E-state index is 1.16. The lowest BCUT2D eigenvalue weighted by molar-refractivity contribution is 1.64. The summed E-state index contributed by atoms with van der Waals surface area (Å²) in [7, 11) is 0. The fourth-order valence-corrected chi connectivity index (χ4v) is 19.3. The fraction of sp³-hybridized carbons (Fsp3) is 0. The third-order valence-corrected chi connectivity index (χ3v) is 24.1. The van der Waals surface area contributed by atoms with Gasteiger partial charge in [0.05, 0.1) is 0 Å². The summed E-state index contributed by atoms with van der Waals surface area (Å²) in [5, 5.41) is 34.2. The average Bonchev–Trinajstić information content (AvgIpc) is 0.709. The molecular weight excluding hydrogens is 1320 g/mol. The van der Waals surface area contributed by atoms with Crippen LogP contribution >= 0.6 is 0 Å². The topological polar surface area (TPSA) is 0 Å². The molecule has 0 N–H and O–H groups in total. The van der Waals surface area contributed by atoms with Crippen LogP contribution in [0.25, 0.3) is 240 Å². The first kappa shape index (κ1) is 62.0. The predicted octanol–water partition coefficient (Wildman–Crippen LogP) is 31.2. The molecule has 0 heteroatoms. The largest absolute Gasteiger partial charge is 0.0622 e. The molecule has 0 radical (unpaired) electrons. The Morgan fingerprint density at radius 2 is 0.282 bits per heavy atom. The van der Waals surface area contributed by atoms with E-state index in [4.69, 9.17) is 0 Å². The van der Waals surface area contributed by atoms with Crippen molar-refractivity contribution in [1.29, 1.82) is 0 Å². The summed E-state index contributed by atoms with van der Waals surface area (Å²) < 4.78 is 0. The highest BCUT2D eigenvalue weighted by molar-refractivity contribution is 6.33. The zero-order chi connectivity index (χ0) is 72.1. The van der Waals surface area contributed by atoms with Crippen LogP contribution in [0.3, 0.4) is 0 Å². The summed E-state index contributed by atoms with van der Waals surface area (Å²) in [4.78, 5) is 0. The van der Waals surface area contributed by atoms with Crippen LogP contribution in [-0.2, 0) is 0 Å². The van der Waals surface area contributed by atoms with E-state index in [2.05, 4.69) is 400 Å². The van der Waals surface area contributed by atoms with Gasteiger partial charge >= 0.3 is 0 Å². The molecule has 0 nitrogen and oxygen atoms in total. The lowest BCUT2D eigenvalue weighted by atomic mass is 9.79. The van der Waals surface area contributed by atoms with E-state index >= 15 is 0 Å².